The average molecular weight is 660 g/mol. The minimum atomic E-state index is -2.04. The van der Waals surface area contributed by atoms with Gasteiger partial charge in [0, 0.05) is 17.7 Å². The van der Waals surface area contributed by atoms with Gasteiger partial charge in [-0.05, 0) is 12.1 Å². The molecule has 2 aromatic heterocycles. The molecule has 18 nitrogen and oxygen atoms in total. The van der Waals surface area contributed by atoms with E-state index in [4.69, 9.17) is 14.2 Å². The quantitative estimate of drug-likeness (QED) is 0.103. The molecule has 1 aliphatic heterocycles. The number of carbonyl (C=O) groups excluding carboxylic acids is 3. The molecule has 0 amide bonds. The molecule has 0 aliphatic carbocycles. The zero-order chi connectivity index (χ0) is 34.3. The van der Waals surface area contributed by atoms with Gasteiger partial charge in [-0.2, -0.15) is 8.78 Å². The number of aromatic amines is 2. The van der Waals surface area contributed by atoms with Crippen molar-refractivity contribution in [2.75, 3.05) is 0 Å². The number of phenolic OH excluding ortho intramolecular Hbond substituents is 4. The zero-order valence-corrected chi connectivity index (χ0v) is 23.1. The van der Waals surface area contributed by atoms with Gasteiger partial charge in [0.15, 0.2) is 17.6 Å². The number of aromatic hydroxyl groups is 4. The van der Waals surface area contributed by atoms with E-state index in [0.717, 1.165) is 24.3 Å². The summed E-state index contributed by atoms with van der Waals surface area (Å²) in [6, 6.07) is 3.28. The third-order valence-electron chi connectivity index (χ3n) is 6.51. The number of ether oxygens (including phenoxy) is 3. The maximum absolute atomic E-state index is 13.7. The number of phenols is 4. The summed E-state index contributed by atoms with van der Waals surface area (Å²) in [6.45, 7) is -2.03. The van der Waals surface area contributed by atoms with Crippen LogP contribution in [0, 0.1) is 11.6 Å². The van der Waals surface area contributed by atoms with Crippen molar-refractivity contribution >= 4 is 17.7 Å². The number of nitrogens with zero attached hydrogens (tertiary/aromatic N) is 2. The first-order valence-electron chi connectivity index (χ1n) is 12.8. The second-order valence-electron chi connectivity index (χ2n) is 9.74. The predicted molar refractivity (Wildman–Crippen MR) is 145 cm³/mol. The van der Waals surface area contributed by atoms with Crippen molar-refractivity contribution in [2.24, 2.45) is 0 Å². The summed E-state index contributed by atoms with van der Waals surface area (Å²) in [4.78, 5) is 88.2. The fourth-order valence-corrected chi connectivity index (χ4v) is 4.46. The topological polar surface area (TPSA) is 270 Å². The molecule has 0 saturated heterocycles. The lowest BCUT2D eigenvalue weighted by molar-refractivity contribution is -0.152. The van der Waals surface area contributed by atoms with E-state index < -0.39 is 117 Å². The molecule has 2 atom stereocenters. The number of nitrogens with one attached hydrogen (secondary N) is 2. The Labute approximate surface area is 255 Å². The van der Waals surface area contributed by atoms with E-state index in [1.807, 2.05) is 0 Å². The first-order chi connectivity index (χ1) is 22.1. The van der Waals surface area contributed by atoms with Crippen LogP contribution in [0.4, 0.5) is 8.78 Å². The highest BCUT2D eigenvalue weighted by atomic mass is 19.1. The van der Waals surface area contributed by atoms with Crippen molar-refractivity contribution in [3.63, 3.8) is 0 Å². The molecule has 5 rings (SSSR count). The van der Waals surface area contributed by atoms with Crippen LogP contribution >= 0.6 is 0 Å². The van der Waals surface area contributed by atoms with Gasteiger partial charge >= 0.3 is 23.3 Å². The SMILES string of the molecule is O=C(Cn1cc(F)c(=O)[nH]c1=O)Oc1c(O)cc(C2Oc3cc(O)cc(O)c3C(=O)C2OC(=O)Cn2cc(F)c(=O)[nH]c2=O)cc1O. The number of esters is 2. The Balaban J connectivity index is 1.46. The van der Waals surface area contributed by atoms with Gasteiger partial charge < -0.3 is 34.6 Å². The molecule has 2 aromatic carbocycles. The maximum Gasteiger partial charge on any atom is 0.331 e. The number of fused-ring (bicyclic) bond motifs is 1. The van der Waals surface area contributed by atoms with Crippen LogP contribution in [-0.2, 0) is 27.4 Å². The Morgan fingerprint density at radius 1 is 0.787 bits per heavy atom. The fourth-order valence-electron chi connectivity index (χ4n) is 4.46. The Bertz CT molecular complexity index is 2200. The molecular formula is C27H18F2N4O14. The largest absolute Gasteiger partial charge is 0.508 e. The summed E-state index contributed by atoms with van der Waals surface area (Å²) < 4.78 is 43.9. The molecule has 47 heavy (non-hydrogen) atoms. The smallest absolute Gasteiger partial charge is 0.331 e. The molecule has 244 valence electrons. The number of aromatic nitrogens is 4. The van der Waals surface area contributed by atoms with Gasteiger partial charge in [-0.25, -0.2) is 14.4 Å². The third-order valence-corrected chi connectivity index (χ3v) is 6.51. The number of hydrogen-bond donors (Lipinski definition) is 6. The molecule has 0 fully saturated rings. The van der Waals surface area contributed by atoms with Crippen LogP contribution < -0.4 is 32.0 Å². The lowest BCUT2D eigenvalue weighted by Gasteiger charge is -2.33. The number of rotatable bonds is 7. The summed E-state index contributed by atoms with van der Waals surface area (Å²) in [5, 5.41) is 41.4. The Hall–Kier alpha value is -6.73. The maximum atomic E-state index is 13.7. The van der Waals surface area contributed by atoms with Crippen LogP contribution in [0.3, 0.4) is 0 Å². The number of Topliss-reactive ketones (excluding diaryl/α,β-unsaturated/α-hetero) is 1. The predicted octanol–water partition coefficient (Wildman–Crippen LogP) is -0.979. The summed E-state index contributed by atoms with van der Waals surface area (Å²) in [6.07, 6.45) is -2.98. The number of H-pyrrole nitrogens is 2. The van der Waals surface area contributed by atoms with Crippen LogP contribution in [0.25, 0.3) is 0 Å². The van der Waals surface area contributed by atoms with Gasteiger partial charge in [-0.3, -0.25) is 38.3 Å². The van der Waals surface area contributed by atoms with Crippen LogP contribution in [0.1, 0.15) is 22.0 Å². The highest BCUT2D eigenvalue weighted by Crippen LogP contribution is 2.46. The zero-order valence-electron chi connectivity index (χ0n) is 23.1. The first kappa shape index (κ1) is 31.7. The highest BCUT2D eigenvalue weighted by Gasteiger charge is 2.43. The van der Waals surface area contributed by atoms with Gasteiger partial charge in [0.2, 0.25) is 29.3 Å². The average Bonchev–Trinajstić information content (AvgIpc) is 2.97. The van der Waals surface area contributed by atoms with Gasteiger partial charge in [0.05, 0.1) is 12.4 Å². The van der Waals surface area contributed by atoms with E-state index in [1.165, 1.54) is 0 Å². The van der Waals surface area contributed by atoms with Crippen molar-refractivity contribution in [1.29, 1.82) is 0 Å². The Morgan fingerprint density at radius 3 is 1.87 bits per heavy atom. The summed E-state index contributed by atoms with van der Waals surface area (Å²) in [5.74, 6) is -11.3. The lowest BCUT2D eigenvalue weighted by atomic mass is 9.92. The second kappa shape index (κ2) is 12.0. The van der Waals surface area contributed by atoms with E-state index >= 15 is 0 Å². The van der Waals surface area contributed by atoms with Crippen molar-refractivity contribution in [1.82, 2.24) is 19.1 Å². The molecular weight excluding hydrogens is 642 g/mol. The number of halogens is 2. The standard InChI is InChI=1S/C27H18F2N4O14/c28-11-5-32(26(43)30-24(11)41)7-17(38)46-22-14(36)1-9(2-15(22)37)21-23(20(40)19-13(35)3-10(34)4-16(19)45-21)47-18(39)8-33-6-12(29)25(42)31-27(33)44/h1-6,21,23,34-37H,7-8H2,(H,30,41,43)(H,31,42,44). The first-order valence-corrected chi connectivity index (χ1v) is 12.8. The van der Waals surface area contributed by atoms with E-state index in [2.05, 4.69) is 0 Å². The van der Waals surface area contributed by atoms with E-state index in [0.29, 0.717) is 21.5 Å². The molecule has 0 saturated carbocycles. The van der Waals surface area contributed by atoms with Crippen molar-refractivity contribution < 1.29 is 57.8 Å². The molecule has 0 bridgehead atoms. The molecule has 20 heteroatoms. The second-order valence-corrected chi connectivity index (χ2v) is 9.74. The number of benzene rings is 2. The summed E-state index contributed by atoms with van der Waals surface area (Å²) in [5.41, 5.74) is -5.97. The molecule has 2 unspecified atom stereocenters. The van der Waals surface area contributed by atoms with Gasteiger partial charge in [0.25, 0.3) is 11.1 Å². The third kappa shape index (κ3) is 6.27. The van der Waals surface area contributed by atoms with E-state index in [-0.39, 0.29) is 5.56 Å². The molecule has 6 N–H and O–H groups in total. The number of carbonyl (C=O) groups is 3. The normalized spacial score (nSPS) is 15.4. The summed E-state index contributed by atoms with van der Waals surface area (Å²) >= 11 is 0. The van der Waals surface area contributed by atoms with Crippen LogP contribution in [0.5, 0.6) is 34.5 Å². The highest BCUT2D eigenvalue weighted by molar-refractivity contribution is 6.06. The Kier molecular flexibility index (Phi) is 8.08. The van der Waals surface area contributed by atoms with Crippen LogP contribution in [0.15, 0.2) is 55.8 Å². The van der Waals surface area contributed by atoms with Gasteiger partial charge in [0.1, 0.15) is 35.9 Å². The Morgan fingerprint density at radius 2 is 1.32 bits per heavy atom. The molecule has 1 aliphatic rings. The number of hydrogen-bond acceptors (Lipinski definition) is 14. The fraction of sp³-hybridized carbons (Fsp3) is 0.148. The van der Waals surface area contributed by atoms with Crippen LogP contribution in [0.2, 0.25) is 0 Å². The van der Waals surface area contributed by atoms with Crippen LogP contribution in [-0.4, -0.2) is 63.4 Å². The summed E-state index contributed by atoms with van der Waals surface area (Å²) in [7, 11) is 0. The number of ketones is 1. The minimum Gasteiger partial charge on any atom is -0.508 e. The van der Waals surface area contributed by atoms with E-state index in [1.54, 1.807) is 9.97 Å². The van der Waals surface area contributed by atoms with Crippen molar-refractivity contribution in [3.8, 4) is 34.5 Å². The molecule has 0 radical (unpaired) electrons. The van der Waals surface area contributed by atoms with Gasteiger partial charge in [-0.1, -0.05) is 0 Å². The molecule has 0 spiro atoms. The minimum absolute atomic E-state index is 0.328. The molecule has 3 heterocycles. The molecule has 4 aromatic rings. The lowest BCUT2D eigenvalue weighted by Crippen LogP contribution is -2.41. The van der Waals surface area contributed by atoms with Crippen molar-refractivity contribution in [2.45, 2.75) is 25.3 Å². The monoisotopic (exact) mass is 660 g/mol. The van der Waals surface area contributed by atoms with Crippen molar-refractivity contribution in [3.05, 3.63) is 101 Å². The van der Waals surface area contributed by atoms with Gasteiger partial charge in [-0.15, -0.1) is 0 Å². The van der Waals surface area contributed by atoms with E-state index in [9.17, 15) is 62.8 Å².